The average molecular weight is 279 g/mol. The molecule has 2 nitrogen and oxygen atoms in total. The van der Waals surface area contributed by atoms with E-state index >= 15 is 0 Å². The molecule has 1 aromatic carbocycles. The number of benzene rings is 1. The molecule has 0 saturated heterocycles. The van der Waals surface area contributed by atoms with Gasteiger partial charge in [0.1, 0.15) is 5.75 Å². The molecule has 1 aliphatic heterocycles. The predicted molar refractivity (Wildman–Crippen MR) is 73.1 cm³/mol. The van der Waals surface area contributed by atoms with Crippen LogP contribution in [-0.4, -0.2) is 12.4 Å². The second-order valence-electron chi connectivity index (χ2n) is 4.30. The number of hydrogen-bond donors (Lipinski definition) is 0. The Labute approximate surface area is 114 Å². The molecule has 0 radical (unpaired) electrons. The normalized spacial score (nSPS) is 13.2. The first-order valence-corrected chi connectivity index (χ1v) is 6.96. The summed E-state index contributed by atoms with van der Waals surface area (Å²) in [5.74, 6) is 0.709. The third-order valence-electron chi connectivity index (χ3n) is 3.06. The van der Waals surface area contributed by atoms with Crippen molar-refractivity contribution in [2.45, 2.75) is 13.3 Å². The quantitative estimate of drug-likeness (QED) is 0.780. The van der Waals surface area contributed by atoms with Crippen LogP contribution in [0.4, 0.5) is 0 Å². The number of fused-ring (bicyclic) bond motifs is 1. The lowest BCUT2D eigenvalue weighted by Gasteiger charge is -2.07. The van der Waals surface area contributed by atoms with Crippen LogP contribution in [0.15, 0.2) is 23.6 Å². The Morgan fingerprint density at radius 2 is 2.28 bits per heavy atom. The van der Waals surface area contributed by atoms with Gasteiger partial charge in [-0.05, 0) is 41.6 Å². The fraction of sp³-hybridized carbons (Fsp3) is 0.214. The molecule has 0 atom stereocenters. The average Bonchev–Trinajstić information content (AvgIpc) is 2.95. The van der Waals surface area contributed by atoms with E-state index in [0.717, 1.165) is 22.4 Å². The number of ether oxygens (including phenoxy) is 1. The minimum atomic E-state index is 0.00292. The maximum atomic E-state index is 12.5. The Morgan fingerprint density at radius 3 is 3.00 bits per heavy atom. The molecule has 0 N–H and O–H groups in total. The second kappa shape index (κ2) is 4.41. The Hall–Kier alpha value is -1.32. The zero-order valence-electron chi connectivity index (χ0n) is 9.83. The monoisotopic (exact) mass is 278 g/mol. The Bertz CT molecular complexity index is 631. The van der Waals surface area contributed by atoms with Gasteiger partial charge in [-0.1, -0.05) is 11.6 Å². The van der Waals surface area contributed by atoms with Gasteiger partial charge >= 0.3 is 0 Å². The lowest BCUT2D eigenvalue weighted by molar-refractivity contribution is 0.103. The molecule has 3 rings (SSSR count). The smallest absolute Gasteiger partial charge is 0.206 e. The van der Waals surface area contributed by atoms with E-state index in [1.54, 1.807) is 6.07 Å². The fourth-order valence-electron chi connectivity index (χ4n) is 2.17. The van der Waals surface area contributed by atoms with Crippen LogP contribution in [0.3, 0.4) is 0 Å². The van der Waals surface area contributed by atoms with Crippen molar-refractivity contribution in [2.75, 3.05) is 6.61 Å². The van der Waals surface area contributed by atoms with Gasteiger partial charge in [0.25, 0.3) is 0 Å². The number of hydrogen-bond acceptors (Lipinski definition) is 3. The lowest BCUT2D eigenvalue weighted by atomic mass is 10.0. The van der Waals surface area contributed by atoms with Crippen molar-refractivity contribution in [3.63, 3.8) is 0 Å². The molecule has 0 fully saturated rings. The first-order chi connectivity index (χ1) is 8.66. The van der Waals surface area contributed by atoms with Crippen molar-refractivity contribution in [1.29, 1.82) is 0 Å². The molecule has 0 spiro atoms. The molecule has 0 amide bonds. The van der Waals surface area contributed by atoms with Gasteiger partial charge in [0.05, 0.1) is 17.0 Å². The van der Waals surface area contributed by atoms with Crippen LogP contribution in [-0.2, 0) is 6.42 Å². The van der Waals surface area contributed by atoms with E-state index in [4.69, 9.17) is 16.3 Å². The highest BCUT2D eigenvalue weighted by molar-refractivity contribution is 7.12. The number of thiophene rings is 1. The van der Waals surface area contributed by atoms with Gasteiger partial charge in [-0.15, -0.1) is 11.3 Å². The highest BCUT2D eigenvalue weighted by atomic mass is 35.5. The number of halogens is 1. The minimum absolute atomic E-state index is 0.00292. The molecule has 2 heterocycles. The highest BCUT2D eigenvalue weighted by Crippen LogP contribution is 2.35. The van der Waals surface area contributed by atoms with E-state index in [1.807, 2.05) is 24.4 Å². The Morgan fingerprint density at radius 1 is 1.44 bits per heavy atom. The van der Waals surface area contributed by atoms with Gasteiger partial charge in [-0.25, -0.2) is 0 Å². The maximum absolute atomic E-state index is 12.5. The molecule has 1 aromatic heterocycles. The molecule has 0 bridgehead atoms. The highest BCUT2D eigenvalue weighted by Gasteiger charge is 2.24. The van der Waals surface area contributed by atoms with Crippen LogP contribution in [0.1, 0.15) is 26.4 Å². The van der Waals surface area contributed by atoms with E-state index in [9.17, 15) is 4.79 Å². The fourth-order valence-corrected chi connectivity index (χ4v) is 3.29. The SMILES string of the molecule is Cc1ccsc1C(=O)c1cc(Cl)cc2c1OCC2. The topological polar surface area (TPSA) is 26.3 Å². The van der Waals surface area contributed by atoms with Gasteiger partial charge < -0.3 is 4.74 Å². The number of carbonyl (C=O) groups is 1. The Balaban J connectivity index is 2.13. The summed E-state index contributed by atoms with van der Waals surface area (Å²) in [4.78, 5) is 13.3. The molecule has 0 aliphatic carbocycles. The summed E-state index contributed by atoms with van der Waals surface area (Å²) in [5, 5.41) is 2.52. The van der Waals surface area contributed by atoms with Crippen molar-refractivity contribution in [1.82, 2.24) is 0 Å². The number of carbonyl (C=O) groups excluding carboxylic acids is 1. The summed E-state index contributed by atoms with van der Waals surface area (Å²) in [6, 6.07) is 5.53. The molecular weight excluding hydrogens is 268 g/mol. The third-order valence-corrected chi connectivity index (χ3v) is 4.29. The van der Waals surface area contributed by atoms with Crippen LogP contribution in [0.5, 0.6) is 5.75 Å². The molecule has 18 heavy (non-hydrogen) atoms. The lowest BCUT2D eigenvalue weighted by Crippen LogP contribution is -2.03. The van der Waals surface area contributed by atoms with Crippen LogP contribution >= 0.6 is 22.9 Å². The van der Waals surface area contributed by atoms with Gasteiger partial charge in [-0.3, -0.25) is 4.79 Å². The van der Waals surface area contributed by atoms with Crippen LogP contribution in [0, 0.1) is 6.92 Å². The molecule has 1 aliphatic rings. The zero-order valence-corrected chi connectivity index (χ0v) is 11.4. The van der Waals surface area contributed by atoms with Crippen molar-refractivity contribution >= 4 is 28.7 Å². The van der Waals surface area contributed by atoms with Gasteiger partial charge in [0.15, 0.2) is 0 Å². The van der Waals surface area contributed by atoms with Crippen molar-refractivity contribution < 1.29 is 9.53 Å². The second-order valence-corrected chi connectivity index (χ2v) is 5.65. The first-order valence-electron chi connectivity index (χ1n) is 5.71. The maximum Gasteiger partial charge on any atom is 0.206 e. The van der Waals surface area contributed by atoms with Crippen LogP contribution < -0.4 is 4.74 Å². The summed E-state index contributed by atoms with van der Waals surface area (Å²) < 4.78 is 5.57. The van der Waals surface area contributed by atoms with E-state index < -0.39 is 0 Å². The number of rotatable bonds is 2. The molecule has 0 unspecified atom stereocenters. The van der Waals surface area contributed by atoms with Crippen LogP contribution in [0.25, 0.3) is 0 Å². The van der Waals surface area contributed by atoms with E-state index in [-0.39, 0.29) is 5.78 Å². The molecule has 0 saturated carbocycles. The molecule has 92 valence electrons. The van der Waals surface area contributed by atoms with Crippen molar-refractivity contribution in [3.8, 4) is 5.75 Å². The zero-order chi connectivity index (χ0) is 12.7. The minimum Gasteiger partial charge on any atom is -0.492 e. The molecular formula is C14H11ClO2S. The summed E-state index contributed by atoms with van der Waals surface area (Å²) in [7, 11) is 0. The number of ketones is 1. The van der Waals surface area contributed by atoms with Gasteiger partial charge in [0.2, 0.25) is 5.78 Å². The van der Waals surface area contributed by atoms with Crippen molar-refractivity contribution in [2.24, 2.45) is 0 Å². The van der Waals surface area contributed by atoms with E-state index in [1.165, 1.54) is 11.3 Å². The number of aryl methyl sites for hydroxylation is 1. The van der Waals surface area contributed by atoms with Crippen molar-refractivity contribution in [3.05, 3.63) is 50.2 Å². The predicted octanol–water partition coefficient (Wildman–Crippen LogP) is 3.88. The third kappa shape index (κ3) is 1.84. The van der Waals surface area contributed by atoms with E-state index in [2.05, 4.69) is 0 Å². The largest absolute Gasteiger partial charge is 0.492 e. The van der Waals surface area contributed by atoms with Gasteiger partial charge in [-0.2, -0.15) is 0 Å². The molecule has 4 heteroatoms. The van der Waals surface area contributed by atoms with Gasteiger partial charge in [0, 0.05) is 11.4 Å². The first kappa shape index (κ1) is 11.8. The summed E-state index contributed by atoms with van der Waals surface area (Å²) in [6.07, 6.45) is 0.819. The molecule has 2 aromatic rings. The summed E-state index contributed by atoms with van der Waals surface area (Å²) in [6.45, 7) is 2.56. The Kier molecular flexibility index (Phi) is 2.88. The van der Waals surface area contributed by atoms with E-state index in [0.29, 0.717) is 22.9 Å². The summed E-state index contributed by atoms with van der Waals surface area (Å²) >= 11 is 7.53. The van der Waals surface area contributed by atoms with Crippen LogP contribution in [0.2, 0.25) is 5.02 Å². The summed E-state index contributed by atoms with van der Waals surface area (Å²) in [5.41, 5.74) is 2.61. The standard InChI is InChI=1S/C14H11ClO2S/c1-8-3-5-18-14(8)12(16)11-7-10(15)6-9-2-4-17-13(9)11/h3,5-7H,2,4H2,1H3.